The number of rotatable bonds is 4. The van der Waals surface area contributed by atoms with Crippen LogP contribution in [0.25, 0.3) is 39.5 Å². The first kappa shape index (κ1) is 15.7. The lowest BCUT2D eigenvalue weighted by Gasteiger charge is -2.04. The molecule has 0 bridgehead atoms. The second-order valence-electron chi connectivity index (χ2n) is 5.78. The number of primary amides is 1. The van der Waals surface area contributed by atoms with E-state index in [4.69, 9.17) is 5.73 Å². The van der Waals surface area contributed by atoms with Crippen LogP contribution in [0.1, 0.15) is 5.56 Å². The van der Waals surface area contributed by atoms with Gasteiger partial charge < -0.3 is 10.7 Å². The Labute approximate surface area is 149 Å². The minimum Gasteiger partial charge on any atom is -0.366 e. The third kappa shape index (κ3) is 3.08. The van der Waals surface area contributed by atoms with Crippen molar-refractivity contribution in [2.24, 2.45) is 5.73 Å². The third-order valence-electron chi connectivity index (χ3n) is 4.05. The molecule has 0 saturated carbocycles. The summed E-state index contributed by atoms with van der Waals surface area (Å²) in [6.45, 7) is 0. The Hall–Kier alpha value is -3.80. The molecule has 3 heterocycles. The summed E-state index contributed by atoms with van der Waals surface area (Å²) in [6.07, 6.45) is 10.0. The number of H-pyrrole nitrogens is 1. The van der Waals surface area contributed by atoms with Gasteiger partial charge in [0.15, 0.2) is 0 Å². The van der Waals surface area contributed by atoms with Gasteiger partial charge in [-0.2, -0.15) is 0 Å². The molecule has 0 atom stereocenters. The lowest BCUT2D eigenvalue weighted by atomic mass is 10.0. The van der Waals surface area contributed by atoms with Crippen molar-refractivity contribution in [3.8, 4) is 22.4 Å². The third-order valence-corrected chi connectivity index (χ3v) is 4.05. The number of fused-ring (bicyclic) bond motifs is 1. The highest BCUT2D eigenvalue weighted by Crippen LogP contribution is 2.30. The van der Waals surface area contributed by atoms with Gasteiger partial charge in [0.2, 0.25) is 5.91 Å². The van der Waals surface area contributed by atoms with Crippen molar-refractivity contribution in [1.29, 1.82) is 0 Å². The number of nitrogens with one attached hydrogen (secondary N) is 1. The van der Waals surface area contributed by atoms with Crippen LogP contribution in [-0.2, 0) is 4.79 Å². The predicted octanol–water partition coefficient (Wildman–Crippen LogP) is 3.19. The summed E-state index contributed by atoms with van der Waals surface area (Å²) in [6, 6.07) is 11.8. The maximum absolute atomic E-state index is 10.9. The second-order valence-corrected chi connectivity index (χ2v) is 5.78. The number of pyridine rings is 1. The molecule has 0 aliphatic carbocycles. The van der Waals surface area contributed by atoms with Gasteiger partial charge in [0.05, 0.1) is 5.69 Å². The van der Waals surface area contributed by atoms with Gasteiger partial charge in [-0.15, -0.1) is 0 Å². The van der Waals surface area contributed by atoms with E-state index in [1.165, 1.54) is 12.4 Å². The van der Waals surface area contributed by atoms with Crippen molar-refractivity contribution >= 4 is 23.0 Å². The van der Waals surface area contributed by atoms with Gasteiger partial charge in [0, 0.05) is 41.2 Å². The fraction of sp³-hybridized carbons (Fsp3) is 0. The van der Waals surface area contributed by atoms with E-state index in [9.17, 15) is 4.79 Å². The zero-order chi connectivity index (χ0) is 17.9. The molecule has 26 heavy (non-hydrogen) atoms. The van der Waals surface area contributed by atoms with Crippen LogP contribution >= 0.6 is 0 Å². The molecule has 0 saturated heterocycles. The molecule has 126 valence electrons. The van der Waals surface area contributed by atoms with Crippen LogP contribution in [0.15, 0.2) is 67.4 Å². The summed E-state index contributed by atoms with van der Waals surface area (Å²) in [7, 11) is 0. The van der Waals surface area contributed by atoms with E-state index in [1.54, 1.807) is 12.3 Å². The molecule has 1 aromatic carbocycles. The van der Waals surface area contributed by atoms with Crippen LogP contribution in [-0.4, -0.2) is 25.8 Å². The molecule has 3 aromatic heterocycles. The second kappa shape index (κ2) is 6.60. The highest BCUT2D eigenvalue weighted by atomic mass is 16.1. The number of hydrogen-bond donors (Lipinski definition) is 2. The number of nitrogens with zero attached hydrogens (tertiary/aromatic N) is 3. The number of hydrogen-bond acceptors (Lipinski definition) is 4. The van der Waals surface area contributed by atoms with Crippen LogP contribution in [0, 0.1) is 0 Å². The Bertz CT molecular complexity index is 1120. The SMILES string of the molecule is NC(=O)/C=C/c1cccc(-c2cnc3[nH]cc(-c4ccncn4)c3c2)c1. The molecule has 0 spiro atoms. The maximum Gasteiger partial charge on any atom is 0.241 e. The molecule has 4 rings (SSSR count). The topological polar surface area (TPSA) is 97.6 Å². The van der Waals surface area contributed by atoms with Crippen molar-refractivity contribution in [3.63, 3.8) is 0 Å². The van der Waals surface area contributed by atoms with Gasteiger partial charge in [0.1, 0.15) is 12.0 Å². The van der Waals surface area contributed by atoms with Crippen molar-refractivity contribution in [2.45, 2.75) is 0 Å². The summed E-state index contributed by atoms with van der Waals surface area (Å²) in [5.74, 6) is -0.472. The first-order valence-corrected chi connectivity index (χ1v) is 8.02. The van der Waals surface area contributed by atoms with E-state index in [0.29, 0.717) is 0 Å². The summed E-state index contributed by atoms with van der Waals surface area (Å²) in [4.78, 5) is 26.9. The maximum atomic E-state index is 10.9. The quantitative estimate of drug-likeness (QED) is 0.557. The number of amides is 1. The highest BCUT2D eigenvalue weighted by Gasteiger charge is 2.10. The average molecular weight is 341 g/mol. The Balaban J connectivity index is 1.78. The predicted molar refractivity (Wildman–Crippen MR) is 101 cm³/mol. The number of aromatic amines is 1. The van der Waals surface area contributed by atoms with Crippen LogP contribution in [0.4, 0.5) is 0 Å². The lowest BCUT2D eigenvalue weighted by Crippen LogP contribution is -2.05. The van der Waals surface area contributed by atoms with E-state index in [0.717, 1.165) is 39.0 Å². The van der Waals surface area contributed by atoms with Gasteiger partial charge >= 0.3 is 0 Å². The summed E-state index contributed by atoms with van der Waals surface area (Å²) < 4.78 is 0. The van der Waals surface area contributed by atoms with E-state index in [1.807, 2.05) is 42.7 Å². The van der Waals surface area contributed by atoms with E-state index in [-0.39, 0.29) is 0 Å². The first-order chi connectivity index (χ1) is 12.7. The fourth-order valence-corrected chi connectivity index (χ4v) is 2.82. The van der Waals surface area contributed by atoms with Gasteiger partial charge in [-0.3, -0.25) is 4.79 Å². The van der Waals surface area contributed by atoms with Gasteiger partial charge in [0.25, 0.3) is 0 Å². The summed E-state index contributed by atoms with van der Waals surface area (Å²) in [5.41, 5.74) is 10.6. The standard InChI is InChI=1S/C20H15N5O/c21-19(26)5-4-13-2-1-3-14(8-13)15-9-16-17(11-24-20(16)23-10-15)18-6-7-22-12-25-18/h1-12H,(H2,21,26)(H,23,24)/b5-4+. The Morgan fingerprint density at radius 1 is 1.12 bits per heavy atom. The zero-order valence-corrected chi connectivity index (χ0v) is 13.8. The number of nitrogens with two attached hydrogens (primary N) is 1. The van der Waals surface area contributed by atoms with Crippen molar-refractivity contribution < 1.29 is 4.79 Å². The fourth-order valence-electron chi connectivity index (χ4n) is 2.82. The van der Waals surface area contributed by atoms with Gasteiger partial charge in [-0.1, -0.05) is 18.2 Å². The van der Waals surface area contributed by atoms with Crippen LogP contribution in [0.3, 0.4) is 0 Å². The molecule has 3 N–H and O–H groups in total. The largest absolute Gasteiger partial charge is 0.366 e. The van der Waals surface area contributed by atoms with Crippen LogP contribution in [0.5, 0.6) is 0 Å². The Kier molecular flexibility index (Phi) is 3.99. The van der Waals surface area contributed by atoms with Crippen molar-refractivity contribution in [2.75, 3.05) is 0 Å². The molecule has 6 heteroatoms. The number of benzene rings is 1. The van der Waals surface area contributed by atoms with Crippen molar-refractivity contribution in [3.05, 3.63) is 73.0 Å². The molecular weight excluding hydrogens is 326 g/mol. The summed E-state index contributed by atoms with van der Waals surface area (Å²) >= 11 is 0. The molecule has 6 nitrogen and oxygen atoms in total. The van der Waals surface area contributed by atoms with E-state index in [2.05, 4.69) is 26.0 Å². The minimum atomic E-state index is -0.472. The molecule has 0 aliphatic rings. The molecule has 0 fully saturated rings. The number of carbonyl (C=O) groups is 1. The van der Waals surface area contributed by atoms with E-state index < -0.39 is 5.91 Å². The Morgan fingerprint density at radius 3 is 2.85 bits per heavy atom. The zero-order valence-electron chi connectivity index (χ0n) is 13.8. The van der Waals surface area contributed by atoms with Gasteiger partial charge in [-0.05, 0) is 35.4 Å². The molecular formula is C20H15N5O. The Morgan fingerprint density at radius 2 is 2.04 bits per heavy atom. The first-order valence-electron chi connectivity index (χ1n) is 8.02. The van der Waals surface area contributed by atoms with E-state index >= 15 is 0 Å². The minimum absolute atomic E-state index is 0.472. The summed E-state index contributed by atoms with van der Waals surface area (Å²) in [5, 5.41) is 0.985. The lowest BCUT2D eigenvalue weighted by molar-refractivity contribution is -0.113. The monoisotopic (exact) mass is 341 g/mol. The van der Waals surface area contributed by atoms with Crippen LogP contribution < -0.4 is 5.73 Å². The van der Waals surface area contributed by atoms with Crippen LogP contribution in [0.2, 0.25) is 0 Å². The highest BCUT2D eigenvalue weighted by molar-refractivity contribution is 5.95. The number of carbonyl (C=O) groups excluding carboxylic acids is 1. The average Bonchev–Trinajstić information content (AvgIpc) is 3.10. The molecule has 4 aromatic rings. The molecule has 0 radical (unpaired) electrons. The normalized spacial score (nSPS) is 11.2. The number of aromatic nitrogens is 4. The molecule has 0 unspecified atom stereocenters. The van der Waals surface area contributed by atoms with Gasteiger partial charge in [-0.25, -0.2) is 15.0 Å². The smallest absolute Gasteiger partial charge is 0.241 e. The molecule has 1 amide bonds. The molecule has 0 aliphatic heterocycles. The van der Waals surface area contributed by atoms with Crippen molar-refractivity contribution in [1.82, 2.24) is 19.9 Å².